The average Bonchev–Trinajstić information content (AvgIpc) is 2.26. The van der Waals surface area contributed by atoms with Gasteiger partial charge in [0.25, 0.3) is 11.4 Å². The Balaban J connectivity index is 3.53. The maximum atomic E-state index is 10.8. The summed E-state index contributed by atoms with van der Waals surface area (Å²) in [6.45, 7) is -0.546. The Kier molecular flexibility index (Phi) is 3.59. The van der Waals surface area contributed by atoms with Gasteiger partial charge >= 0.3 is 0 Å². The summed E-state index contributed by atoms with van der Waals surface area (Å²) < 4.78 is 0. The smallest absolute Gasteiger partial charge is 0.299 e. The van der Waals surface area contributed by atoms with Gasteiger partial charge in [-0.25, -0.2) is 0 Å². The Morgan fingerprint density at radius 3 is 2.06 bits per heavy atom. The fraction of sp³-hybridized carbons (Fsp3) is 0.333. The van der Waals surface area contributed by atoms with Crippen LogP contribution in [-0.4, -0.2) is 29.0 Å². The van der Waals surface area contributed by atoms with Gasteiger partial charge in [0, 0.05) is 14.1 Å². The minimum absolute atomic E-state index is 0.0456. The van der Waals surface area contributed by atoms with Gasteiger partial charge in [0.1, 0.15) is 5.69 Å². The lowest BCUT2D eigenvalue weighted by Gasteiger charge is -2.13. The van der Waals surface area contributed by atoms with Crippen molar-refractivity contribution in [1.82, 2.24) is 0 Å². The highest BCUT2D eigenvalue weighted by molar-refractivity contribution is 5.68. The molecule has 92 valence electrons. The molecule has 0 spiro atoms. The maximum Gasteiger partial charge on any atom is 0.299 e. The van der Waals surface area contributed by atoms with E-state index in [1.165, 1.54) is 11.0 Å². The third kappa shape index (κ3) is 2.48. The molecule has 0 fully saturated rings. The van der Waals surface area contributed by atoms with Gasteiger partial charge in [0.15, 0.2) is 0 Å². The molecule has 0 heterocycles. The first-order valence-electron chi connectivity index (χ1n) is 4.62. The normalized spacial score (nSPS) is 10.1. The number of rotatable bonds is 4. The number of nitro benzene ring substituents is 2. The molecule has 0 saturated carbocycles. The number of benzene rings is 1. The van der Waals surface area contributed by atoms with Gasteiger partial charge in [-0.2, -0.15) is 0 Å². The minimum atomic E-state index is -0.752. The predicted octanol–water partition coefficient (Wildman–Crippen LogP) is 1.06. The van der Waals surface area contributed by atoms with Crippen LogP contribution in [0, 0.1) is 20.2 Å². The van der Waals surface area contributed by atoms with E-state index in [4.69, 9.17) is 5.11 Å². The van der Waals surface area contributed by atoms with Gasteiger partial charge in [-0.1, -0.05) is 0 Å². The van der Waals surface area contributed by atoms with E-state index in [1.807, 2.05) is 0 Å². The van der Waals surface area contributed by atoms with Gasteiger partial charge in [-0.05, 0) is 6.07 Å². The van der Waals surface area contributed by atoms with E-state index in [9.17, 15) is 20.2 Å². The molecule has 1 rings (SSSR count). The average molecular weight is 241 g/mol. The van der Waals surface area contributed by atoms with Gasteiger partial charge in [0.2, 0.25) is 0 Å². The molecule has 0 saturated heterocycles. The quantitative estimate of drug-likeness (QED) is 0.623. The van der Waals surface area contributed by atoms with Crippen molar-refractivity contribution in [3.05, 3.63) is 37.9 Å². The molecule has 0 amide bonds. The summed E-state index contributed by atoms with van der Waals surface area (Å²) in [6, 6.07) is 2.11. The van der Waals surface area contributed by atoms with Crippen molar-refractivity contribution in [2.24, 2.45) is 0 Å². The summed E-state index contributed by atoms with van der Waals surface area (Å²) in [5.41, 5.74) is -0.558. The zero-order valence-corrected chi connectivity index (χ0v) is 9.28. The van der Waals surface area contributed by atoms with E-state index in [1.54, 1.807) is 14.1 Å². The standard InChI is InChI=1S/C9H11N3O5/c1-10(2)8-3-6(5-13)7(11(14)15)4-9(8)12(16)17/h3-4,13H,5H2,1-2H3. The summed E-state index contributed by atoms with van der Waals surface area (Å²) >= 11 is 0. The molecule has 0 unspecified atom stereocenters. The summed E-state index contributed by atoms with van der Waals surface area (Å²) in [5, 5.41) is 30.5. The monoisotopic (exact) mass is 241 g/mol. The van der Waals surface area contributed by atoms with Crippen molar-refractivity contribution in [1.29, 1.82) is 0 Å². The summed E-state index contributed by atoms with van der Waals surface area (Å²) in [7, 11) is 3.16. The third-order valence-corrected chi connectivity index (χ3v) is 2.22. The Morgan fingerprint density at radius 1 is 1.18 bits per heavy atom. The van der Waals surface area contributed by atoms with Crippen LogP contribution in [-0.2, 0) is 6.61 Å². The molecule has 0 bridgehead atoms. The van der Waals surface area contributed by atoms with Crippen LogP contribution in [0.5, 0.6) is 0 Å². The van der Waals surface area contributed by atoms with E-state index < -0.39 is 22.1 Å². The number of aliphatic hydroxyl groups is 1. The van der Waals surface area contributed by atoms with E-state index in [0.29, 0.717) is 0 Å². The van der Waals surface area contributed by atoms with Crippen LogP contribution in [0.3, 0.4) is 0 Å². The number of anilines is 1. The van der Waals surface area contributed by atoms with Gasteiger partial charge < -0.3 is 10.0 Å². The zero-order valence-electron chi connectivity index (χ0n) is 9.28. The zero-order chi connectivity index (χ0) is 13.2. The number of nitro groups is 2. The largest absolute Gasteiger partial charge is 0.391 e. The van der Waals surface area contributed by atoms with Crippen LogP contribution < -0.4 is 4.90 Å². The minimum Gasteiger partial charge on any atom is -0.391 e. The van der Waals surface area contributed by atoms with Crippen LogP contribution in [0.25, 0.3) is 0 Å². The van der Waals surface area contributed by atoms with Crippen molar-refractivity contribution in [2.45, 2.75) is 6.61 Å². The highest BCUT2D eigenvalue weighted by Crippen LogP contribution is 2.34. The van der Waals surface area contributed by atoms with Gasteiger partial charge in [-0.3, -0.25) is 20.2 Å². The molecule has 0 aliphatic carbocycles. The Morgan fingerprint density at radius 2 is 1.71 bits per heavy atom. The first kappa shape index (κ1) is 12.8. The van der Waals surface area contributed by atoms with E-state index in [0.717, 1.165) is 6.07 Å². The lowest BCUT2D eigenvalue weighted by Crippen LogP contribution is -2.12. The molecule has 0 aliphatic rings. The molecular weight excluding hydrogens is 230 g/mol. The molecule has 0 atom stereocenters. The first-order chi connectivity index (χ1) is 7.88. The van der Waals surface area contributed by atoms with Crippen molar-refractivity contribution < 1.29 is 15.0 Å². The fourth-order valence-corrected chi connectivity index (χ4v) is 1.41. The Bertz CT molecular complexity index is 472. The van der Waals surface area contributed by atoms with Crippen LogP contribution in [0.2, 0.25) is 0 Å². The number of aliphatic hydroxyl groups excluding tert-OH is 1. The third-order valence-electron chi connectivity index (χ3n) is 2.22. The van der Waals surface area contributed by atoms with E-state index in [-0.39, 0.29) is 16.9 Å². The fourth-order valence-electron chi connectivity index (χ4n) is 1.41. The van der Waals surface area contributed by atoms with Crippen molar-refractivity contribution in [3.8, 4) is 0 Å². The highest BCUT2D eigenvalue weighted by atomic mass is 16.6. The molecule has 1 aromatic rings. The second-order valence-electron chi connectivity index (χ2n) is 3.54. The predicted molar refractivity (Wildman–Crippen MR) is 60.0 cm³/mol. The van der Waals surface area contributed by atoms with Crippen LogP contribution in [0.1, 0.15) is 5.56 Å². The van der Waals surface area contributed by atoms with Gasteiger partial charge in [0.05, 0.1) is 28.1 Å². The molecule has 17 heavy (non-hydrogen) atoms. The second kappa shape index (κ2) is 4.74. The van der Waals surface area contributed by atoms with E-state index >= 15 is 0 Å². The summed E-state index contributed by atoms with van der Waals surface area (Å²) in [6.07, 6.45) is 0. The second-order valence-corrected chi connectivity index (χ2v) is 3.54. The molecule has 0 radical (unpaired) electrons. The van der Waals surface area contributed by atoms with Crippen LogP contribution >= 0.6 is 0 Å². The van der Waals surface area contributed by atoms with Crippen molar-refractivity contribution in [2.75, 3.05) is 19.0 Å². The molecule has 8 nitrogen and oxygen atoms in total. The summed E-state index contributed by atoms with van der Waals surface area (Å²) in [4.78, 5) is 21.5. The SMILES string of the molecule is CN(C)c1cc(CO)c([N+](=O)[O-])cc1[N+](=O)[O-]. The van der Waals surface area contributed by atoms with Crippen molar-refractivity contribution in [3.63, 3.8) is 0 Å². The topological polar surface area (TPSA) is 110 Å². The number of hydrogen-bond acceptors (Lipinski definition) is 6. The highest BCUT2D eigenvalue weighted by Gasteiger charge is 2.24. The maximum absolute atomic E-state index is 10.8. The first-order valence-corrected chi connectivity index (χ1v) is 4.62. The molecule has 0 aromatic heterocycles. The van der Waals surface area contributed by atoms with Crippen molar-refractivity contribution >= 4 is 17.1 Å². The van der Waals surface area contributed by atoms with E-state index in [2.05, 4.69) is 0 Å². The molecule has 0 aliphatic heterocycles. The van der Waals surface area contributed by atoms with Crippen LogP contribution in [0.15, 0.2) is 12.1 Å². The number of nitrogens with zero attached hydrogens (tertiary/aromatic N) is 3. The van der Waals surface area contributed by atoms with Gasteiger partial charge in [-0.15, -0.1) is 0 Å². The Labute approximate surface area is 96.4 Å². The number of hydrogen-bond donors (Lipinski definition) is 1. The van der Waals surface area contributed by atoms with Crippen LogP contribution in [0.4, 0.5) is 17.1 Å². The Hall–Kier alpha value is -2.22. The molecule has 8 heteroatoms. The molecular formula is C9H11N3O5. The lowest BCUT2D eigenvalue weighted by atomic mass is 10.1. The molecule has 1 N–H and O–H groups in total. The lowest BCUT2D eigenvalue weighted by molar-refractivity contribution is -0.394. The summed E-state index contributed by atoms with van der Waals surface area (Å²) in [5.74, 6) is 0. The molecule has 1 aromatic carbocycles.